The standard InChI is InChI=1S/C16H30N2O3/c1-11(2)6-5-7-12(3)17-15(19)10-18-8-14(9-18)13(4)16(20)21/h11-14H,5-10H2,1-4H3,(H,17,19)(H,20,21). The van der Waals surface area contributed by atoms with E-state index in [4.69, 9.17) is 5.11 Å². The minimum Gasteiger partial charge on any atom is -0.481 e. The van der Waals surface area contributed by atoms with Crippen LogP contribution in [-0.4, -0.2) is 47.6 Å². The van der Waals surface area contributed by atoms with Crippen molar-refractivity contribution in [3.63, 3.8) is 0 Å². The van der Waals surface area contributed by atoms with Crippen LogP contribution < -0.4 is 5.32 Å². The van der Waals surface area contributed by atoms with Gasteiger partial charge in [-0.3, -0.25) is 14.5 Å². The van der Waals surface area contributed by atoms with Crippen LogP contribution in [0.4, 0.5) is 0 Å². The minimum atomic E-state index is -0.747. The molecule has 2 atom stereocenters. The monoisotopic (exact) mass is 298 g/mol. The zero-order valence-electron chi connectivity index (χ0n) is 13.8. The first-order chi connectivity index (χ1) is 9.79. The second-order valence-corrected chi connectivity index (χ2v) is 6.87. The van der Waals surface area contributed by atoms with Crippen molar-refractivity contribution >= 4 is 11.9 Å². The van der Waals surface area contributed by atoms with Crippen molar-refractivity contribution in [1.82, 2.24) is 10.2 Å². The minimum absolute atomic E-state index is 0.0495. The van der Waals surface area contributed by atoms with E-state index >= 15 is 0 Å². The van der Waals surface area contributed by atoms with Crippen molar-refractivity contribution < 1.29 is 14.7 Å². The summed E-state index contributed by atoms with van der Waals surface area (Å²) < 4.78 is 0. The number of nitrogens with zero attached hydrogens (tertiary/aromatic N) is 1. The Labute approximate surface area is 128 Å². The number of carboxylic acids is 1. The fourth-order valence-corrected chi connectivity index (χ4v) is 2.68. The highest BCUT2D eigenvalue weighted by atomic mass is 16.4. The van der Waals surface area contributed by atoms with E-state index in [0.717, 1.165) is 12.8 Å². The van der Waals surface area contributed by atoms with E-state index < -0.39 is 5.97 Å². The van der Waals surface area contributed by atoms with Crippen LogP contribution in [0, 0.1) is 17.8 Å². The molecule has 5 heteroatoms. The van der Waals surface area contributed by atoms with E-state index in [1.165, 1.54) is 6.42 Å². The second kappa shape index (κ2) is 8.37. The number of hydrogen-bond acceptors (Lipinski definition) is 3. The number of aliphatic carboxylic acids is 1. The Morgan fingerprint density at radius 3 is 2.33 bits per heavy atom. The molecular formula is C16H30N2O3. The van der Waals surface area contributed by atoms with Crippen LogP contribution in [0.2, 0.25) is 0 Å². The fourth-order valence-electron chi connectivity index (χ4n) is 2.68. The molecule has 1 amide bonds. The molecule has 1 saturated heterocycles. The summed E-state index contributed by atoms with van der Waals surface area (Å²) in [4.78, 5) is 24.8. The molecule has 1 fully saturated rings. The predicted molar refractivity (Wildman–Crippen MR) is 83.0 cm³/mol. The second-order valence-electron chi connectivity index (χ2n) is 6.87. The summed E-state index contributed by atoms with van der Waals surface area (Å²) in [7, 11) is 0. The lowest BCUT2D eigenvalue weighted by Gasteiger charge is -2.40. The summed E-state index contributed by atoms with van der Waals surface area (Å²) in [5, 5.41) is 12.0. The number of hydrogen-bond donors (Lipinski definition) is 2. The average molecular weight is 298 g/mol. The number of nitrogens with one attached hydrogen (secondary N) is 1. The van der Waals surface area contributed by atoms with Crippen LogP contribution >= 0.6 is 0 Å². The maximum Gasteiger partial charge on any atom is 0.306 e. The van der Waals surface area contributed by atoms with E-state index in [0.29, 0.717) is 25.6 Å². The molecule has 122 valence electrons. The first-order valence-corrected chi connectivity index (χ1v) is 8.04. The van der Waals surface area contributed by atoms with E-state index in [2.05, 4.69) is 19.2 Å². The van der Waals surface area contributed by atoms with Crippen LogP contribution in [0.5, 0.6) is 0 Å². The van der Waals surface area contributed by atoms with Gasteiger partial charge in [-0.1, -0.05) is 33.6 Å². The molecule has 21 heavy (non-hydrogen) atoms. The lowest BCUT2D eigenvalue weighted by Crippen LogP contribution is -2.54. The van der Waals surface area contributed by atoms with Crippen molar-refractivity contribution in [3.05, 3.63) is 0 Å². The van der Waals surface area contributed by atoms with E-state index in [-0.39, 0.29) is 23.8 Å². The Morgan fingerprint density at radius 2 is 1.81 bits per heavy atom. The Bertz CT molecular complexity index is 351. The van der Waals surface area contributed by atoms with Gasteiger partial charge in [-0.25, -0.2) is 0 Å². The summed E-state index contributed by atoms with van der Waals surface area (Å²) in [5.74, 6) is -0.128. The molecule has 5 nitrogen and oxygen atoms in total. The summed E-state index contributed by atoms with van der Waals surface area (Å²) in [6, 6.07) is 0.214. The Kier molecular flexibility index (Phi) is 7.15. The molecule has 0 bridgehead atoms. The van der Waals surface area contributed by atoms with Crippen molar-refractivity contribution in [3.8, 4) is 0 Å². The molecule has 0 aromatic carbocycles. The molecule has 0 aliphatic carbocycles. The van der Waals surface area contributed by atoms with Gasteiger partial charge in [0.05, 0.1) is 12.5 Å². The van der Waals surface area contributed by atoms with Crippen molar-refractivity contribution in [1.29, 1.82) is 0 Å². The fraction of sp³-hybridized carbons (Fsp3) is 0.875. The van der Waals surface area contributed by atoms with Gasteiger partial charge in [-0.2, -0.15) is 0 Å². The van der Waals surface area contributed by atoms with Gasteiger partial charge in [0.1, 0.15) is 0 Å². The summed E-state index contributed by atoms with van der Waals surface area (Å²) in [6.45, 7) is 10.0. The van der Waals surface area contributed by atoms with Gasteiger partial charge in [0, 0.05) is 19.1 Å². The van der Waals surface area contributed by atoms with Gasteiger partial charge in [0.2, 0.25) is 5.91 Å². The number of carbonyl (C=O) groups excluding carboxylic acids is 1. The first kappa shape index (κ1) is 18.0. The third-order valence-electron chi connectivity index (χ3n) is 4.28. The third-order valence-corrected chi connectivity index (χ3v) is 4.28. The molecule has 1 heterocycles. The van der Waals surface area contributed by atoms with Gasteiger partial charge in [0.15, 0.2) is 0 Å². The zero-order valence-corrected chi connectivity index (χ0v) is 13.8. The molecule has 1 aliphatic rings. The van der Waals surface area contributed by atoms with Crippen LogP contribution in [0.15, 0.2) is 0 Å². The zero-order chi connectivity index (χ0) is 16.0. The Hall–Kier alpha value is -1.10. The highest BCUT2D eigenvalue weighted by Crippen LogP contribution is 2.23. The number of rotatable bonds is 9. The number of likely N-dealkylation sites (tertiary alicyclic amines) is 1. The van der Waals surface area contributed by atoms with Gasteiger partial charge in [0.25, 0.3) is 0 Å². The van der Waals surface area contributed by atoms with Crippen LogP contribution in [0.25, 0.3) is 0 Å². The largest absolute Gasteiger partial charge is 0.481 e. The number of carbonyl (C=O) groups is 2. The van der Waals surface area contributed by atoms with Crippen LogP contribution in [-0.2, 0) is 9.59 Å². The van der Waals surface area contributed by atoms with E-state index in [1.807, 2.05) is 11.8 Å². The first-order valence-electron chi connectivity index (χ1n) is 8.04. The SMILES string of the molecule is CC(C)CCCC(C)NC(=O)CN1CC(C(C)C(=O)O)C1. The van der Waals surface area contributed by atoms with Crippen molar-refractivity contribution in [2.75, 3.05) is 19.6 Å². The molecule has 0 aromatic heterocycles. The van der Waals surface area contributed by atoms with Gasteiger partial charge >= 0.3 is 5.97 Å². The molecule has 2 unspecified atom stereocenters. The quantitative estimate of drug-likeness (QED) is 0.683. The number of amides is 1. The lowest BCUT2D eigenvalue weighted by molar-refractivity contribution is -0.145. The molecule has 1 aliphatic heterocycles. The Balaban J connectivity index is 2.14. The molecule has 0 radical (unpaired) electrons. The maximum absolute atomic E-state index is 11.9. The van der Waals surface area contributed by atoms with Crippen LogP contribution in [0.1, 0.15) is 47.0 Å². The highest BCUT2D eigenvalue weighted by molar-refractivity contribution is 5.78. The van der Waals surface area contributed by atoms with E-state index in [9.17, 15) is 9.59 Å². The molecular weight excluding hydrogens is 268 g/mol. The van der Waals surface area contributed by atoms with Gasteiger partial charge < -0.3 is 10.4 Å². The normalized spacial score (nSPS) is 19.1. The predicted octanol–water partition coefficient (Wildman–Crippen LogP) is 1.97. The van der Waals surface area contributed by atoms with Gasteiger partial charge in [-0.05, 0) is 25.2 Å². The van der Waals surface area contributed by atoms with Crippen molar-refractivity contribution in [2.45, 2.75) is 53.0 Å². The summed E-state index contributed by atoms with van der Waals surface area (Å²) >= 11 is 0. The number of carboxylic acid groups (broad SMARTS) is 1. The van der Waals surface area contributed by atoms with Gasteiger partial charge in [-0.15, -0.1) is 0 Å². The van der Waals surface area contributed by atoms with Crippen LogP contribution in [0.3, 0.4) is 0 Å². The summed E-state index contributed by atoms with van der Waals surface area (Å²) in [6.07, 6.45) is 3.35. The van der Waals surface area contributed by atoms with E-state index in [1.54, 1.807) is 6.92 Å². The topological polar surface area (TPSA) is 69.6 Å². The molecule has 0 saturated carbocycles. The Morgan fingerprint density at radius 1 is 1.19 bits per heavy atom. The molecule has 1 rings (SSSR count). The lowest BCUT2D eigenvalue weighted by atomic mass is 9.87. The molecule has 0 spiro atoms. The highest BCUT2D eigenvalue weighted by Gasteiger charge is 2.35. The maximum atomic E-state index is 11.9. The smallest absolute Gasteiger partial charge is 0.306 e. The van der Waals surface area contributed by atoms with Crippen molar-refractivity contribution in [2.24, 2.45) is 17.8 Å². The molecule has 2 N–H and O–H groups in total. The molecule has 0 aromatic rings. The average Bonchev–Trinajstić information content (AvgIpc) is 2.31. The third kappa shape index (κ3) is 6.46. The summed E-state index contributed by atoms with van der Waals surface area (Å²) in [5.41, 5.74) is 0.